The molecule has 0 amide bonds. The summed E-state index contributed by atoms with van der Waals surface area (Å²) in [7, 11) is 12.5. The number of carbonyl (C=O) groups excluding carboxylic acids is 2. The summed E-state index contributed by atoms with van der Waals surface area (Å²) in [4.78, 5) is 27.0. The topological polar surface area (TPSA) is 93.1 Å². The maximum Gasteiger partial charge on any atom is 0.202 e. The van der Waals surface area contributed by atoms with Gasteiger partial charge in [0.15, 0.2) is 0 Å². The molecular formula is C26H36N2O6+2. The Morgan fingerprint density at radius 3 is 1.29 bits per heavy atom. The molecule has 0 atom stereocenters. The van der Waals surface area contributed by atoms with Gasteiger partial charge in [-0.15, -0.1) is 0 Å². The van der Waals surface area contributed by atoms with E-state index >= 15 is 0 Å². The zero-order valence-electron chi connectivity index (χ0n) is 21.0. The highest BCUT2D eigenvalue weighted by Gasteiger charge is 2.39. The molecule has 0 fully saturated rings. The highest BCUT2D eigenvalue weighted by molar-refractivity contribution is 6.32. The molecule has 2 aromatic carbocycles. The average molecular weight is 473 g/mol. The minimum atomic E-state index is -0.573. The van der Waals surface area contributed by atoms with Crippen molar-refractivity contribution in [2.24, 2.45) is 0 Å². The average Bonchev–Trinajstić information content (AvgIpc) is 2.72. The third-order valence-electron chi connectivity index (χ3n) is 5.66. The first kappa shape index (κ1) is 25.5. The monoisotopic (exact) mass is 472 g/mol. The summed E-state index contributed by atoms with van der Waals surface area (Å²) in [5.74, 6) is -1.33. The largest absolute Gasteiger partial charge is 0.507 e. The fourth-order valence-corrected chi connectivity index (χ4v) is 3.99. The number of fused-ring (bicyclic) bond motifs is 2. The SMILES string of the molecule is C[N+](C)(C)CCCOc1ccc(O)c2c1C(=O)c1c(O)ccc(OCCC[N+](C)(C)C)c1C2=O. The number of hydrogen-bond acceptors (Lipinski definition) is 6. The first-order chi connectivity index (χ1) is 15.8. The molecule has 1 aliphatic rings. The summed E-state index contributed by atoms with van der Waals surface area (Å²) in [5.41, 5.74) is -0.299. The van der Waals surface area contributed by atoms with Crippen LogP contribution in [-0.4, -0.2) is 99.3 Å². The zero-order chi connectivity index (χ0) is 25.3. The Kier molecular flexibility index (Phi) is 7.24. The fourth-order valence-electron chi connectivity index (χ4n) is 3.99. The number of phenols is 2. The van der Waals surface area contributed by atoms with Crippen molar-refractivity contribution in [2.75, 3.05) is 68.6 Å². The molecule has 34 heavy (non-hydrogen) atoms. The second-order valence-electron chi connectivity index (χ2n) is 10.8. The van der Waals surface area contributed by atoms with Gasteiger partial charge in [-0.05, 0) is 24.3 Å². The van der Waals surface area contributed by atoms with Crippen LogP contribution in [0, 0.1) is 0 Å². The molecule has 0 aromatic heterocycles. The summed E-state index contributed by atoms with van der Waals surface area (Å²) in [6.45, 7) is 2.43. The second kappa shape index (κ2) is 9.64. The van der Waals surface area contributed by atoms with Gasteiger partial charge >= 0.3 is 0 Å². The van der Waals surface area contributed by atoms with Gasteiger partial charge in [0.2, 0.25) is 11.6 Å². The molecule has 0 aliphatic heterocycles. The van der Waals surface area contributed by atoms with Crippen LogP contribution >= 0.6 is 0 Å². The molecule has 0 unspecified atom stereocenters. The molecular weight excluding hydrogens is 436 g/mol. The maximum atomic E-state index is 13.5. The van der Waals surface area contributed by atoms with Crippen molar-refractivity contribution in [2.45, 2.75) is 12.8 Å². The molecule has 0 spiro atoms. The number of benzene rings is 2. The van der Waals surface area contributed by atoms with Gasteiger partial charge in [-0.1, -0.05) is 0 Å². The lowest BCUT2D eigenvalue weighted by Gasteiger charge is -2.25. The quantitative estimate of drug-likeness (QED) is 0.348. The van der Waals surface area contributed by atoms with E-state index in [1.165, 1.54) is 24.3 Å². The summed E-state index contributed by atoms with van der Waals surface area (Å²) >= 11 is 0. The minimum Gasteiger partial charge on any atom is -0.507 e. The minimum absolute atomic E-state index is 0.0276. The first-order valence-electron chi connectivity index (χ1n) is 11.5. The normalized spacial score (nSPS) is 13.5. The van der Waals surface area contributed by atoms with E-state index < -0.39 is 11.6 Å². The van der Waals surface area contributed by atoms with Gasteiger partial charge in [0, 0.05) is 12.8 Å². The Bertz CT molecular complexity index is 1010. The Labute approximate surface area is 201 Å². The third-order valence-corrected chi connectivity index (χ3v) is 5.66. The van der Waals surface area contributed by atoms with Crippen molar-refractivity contribution in [3.05, 3.63) is 46.5 Å². The number of carbonyl (C=O) groups is 2. The van der Waals surface area contributed by atoms with E-state index in [9.17, 15) is 19.8 Å². The number of nitrogens with zero attached hydrogens (tertiary/aromatic N) is 2. The zero-order valence-corrected chi connectivity index (χ0v) is 21.0. The van der Waals surface area contributed by atoms with Crippen molar-refractivity contribution < 1.29 is 38.2 Å². The number of ether oxygens (including phenoxy) is 2. The highest BCUT2D eigenvalue weighted by atomic mass is 16.5. The van der Waals surface area contributed by atoms with Crippen LogP contribution in [-0.2, 0) is 0 Å². The lowest BCUT2D eigenvalue weighted by molar-refractivity contribution is -0.870. The van der Waals surface area contributed by atoms with Gasteiger partial charge in [0.1, 0.15) is 23.0 Å². The van der Waals surface area contributed by atoms with Crippen LogP contribution in [0.4, 0.5) is 0 Å². The molecule has 184 valence electrons. The number of ketones is 2. The van der Waals surface area contributed by atoms with Gasteiger partial charge in [-0.3, -0.25) is 9.59 Å². The van der Waals surface area contributed by atoms with Gasteiger partial charge in [0.25, 0.3) is 0 Å². The molecule has 0 radical (unpaired) electrons. The molecule has 1 aliphatic carbocycles. The van der Waals surface area contributed by atoms with Crippen LogP contribution in [0.2, 0.25) is 0 Å². The molecule has 2 N–H and O–H groups in total. The molecule has 0 saturated carbocycles. The number of hydrogen-bond donors (Lipinski definition) is 2. The second-order valence-corrected chi connectivity index (χ2v) is 10.8. The van der Waals surface area contributed by atoms with E-state index in [0.717, 1.165) is 34.9 Å². The van der Waals surface area contributed by atoms with Gasteiger partial charge in [-0.25, -0.2) is 0 Å². The molecule has 0 heterocycles. The van der Waals surface area contributed by atoms with Crippen LogP contribution in [0.3, 0.4) is 0 Å². The van der Waals surface area contributed by atoms with Gasteiger partial charge < -0.3 is 28.7 Å². The smallest absolute Gasteiger partial charge is 0.202 e. The first-order valence-corrected chi connectivity index (χ1v) is 11.5. The van der Waals surface area contributed by atoms with E-state index in [0.29, 0.717) is 13.2 Å². The Morgan fingerprint density at radius 2 is 0.971 bits per heavy atom. The van der Waals surface area contributed by atoms with Crippen LogP contribution in [0.15, 0.2) is 24.3 Å². The third kappa shape index (κ3) is 5.69. The fraction of sp³-hybridized carbons (Fsp3) is 0.462. The van der Waals surface area contributed by atoms with E-state index in [4.69, 9.17) is 9.47 Å². The van der Waals surface area contributed by atoms with E-state index in [-0.39, 0.29) is 45.3 Å². The number of quaternary nitrogens is 2. The molecule has 2 aromatic rings. The Balaban J connectivity index is 1.92. The number of aromatic hydroxyl groups is 2. The van der Waals surface area contributed by atoms with Crippen LogP contribution < -0.4 is 9.47 Å². The van der Waals surface area contributed by atoms with Gasteiger partial charge in [0.05, 0.1) is 90.8 Å². The summed E-state index contributed by atoms with van der Waals surface area (Å²) < 4.78 is 13.3. The van der Waals surface area contributed by atoms with Crippen molar-refractivity contribution in [1.29, 1.82) is 0 Å². The lowest BCUT2D eigenvalue weighted by Crippen LogP contribution is -2.36. The van der Waals surface area contributed by atoms with Crippen molar-refractivity contribution in [3.63, 3.8) is 0 Å². The van der Waals surface area contributed by atoms with Gasteiger partial charge in [-0.2, -0.15) is 0 Å². The van der Waals surface area contributed by atoms with Crippen molar-refractivity contribution >= 4 is 11.6 Å². The van der Waals surface area contributed by atoms with E-state index in [1.54, 1.807) is 0 Å². The van der Waals surface area contributed by atoms with Crippen LogP contribution in [0.5, 0.6) is 23.0 Å². The standard InChI is InChI=1S/C26H34N2O6/c1-27(2,3)13-7-15-33-19-11-9-17(29)21-23(19)25(31)22-18(30)10-12-20(24(22)26(21)32)34-16-8-14-28(4,5)6/h9-12H,7-8,13-16H2,1-6H3/p+2. The Hall–Kier alpha value is -3.10. The van der Waals surface area contributed by atoms with Crippen LogP contribution in [0.1, 0.15) is 44.7 Å². The molecule has 3 rings (SSSR count). The number of rotatable bonds is 10. The van der Waals surface area contributed by atoms with Crippen molar-refractivity contribution in [1.82, 2.24) is 0 Å². The molecule has 8 nitrogen and oxygen atoms in total. The van der Waals surface area contributed by atoms with E-state index in [2.05, 4.69) is 42.3 Å². The summed E-state index contributed by atoms with van der Waals surface area (Å²) in [6.07, 6.45) is 1.49. The predicted molar refractivity (Wildman–Crippen MR) is 129 cm³/mol. The highest BCUT2D eigenvalue weighted by Crippen LogP contribution is 2.43. The van der Waals surface area contributed by atoms with Crippen molar-refractivity contribution in [3.8, 4) is 23.0 Å². The summed E-state index contributed by atoms with van der Waals surface area (Å²) in [6, 6.07) is 5.68. The summed E-state index contributed by atoms with van der Waals surface area (Å²) in [5, 5.41) is 21.0. The molecule has 0 saturated heterocycles. The molecule has 8 heteroatoms. The lowest BCUT2D eigenvalue weighted by atomic mass is 9.82. The van der Waals surface area contributed by atoms with Crippen LogP contribution in [0.25, 0.3) is 0 Å². The molecule has 0 bridgehead atoms. The predicted octanol–water partition coefficient (Wildman–Crippen LogP) is 2.82. The van der Waals surface area contributed by atoms with E-state index in [1.807, 2.05) is 0 Å². The Morgan fingerprint density at radius 1 is 0.618 bits per heavy atom. The maximum absolute atomic E-state index is 13.5. The number of phenolic OH excluding ortho intramolecular Hbond substituents is 2.